The van der Waals surface area contributed by atoms with E-state index in [1.807, 2.05) is 0 Å². The van der Waals surface area contributed by atoms with E-state index in [0.29, 0.717) is 5.56 Å². The molecule has 114 valence electrons. The minimum atomic E-state index is -1.04. The van der Waals surface area contributed by atoms with Gasteiger partial charge in [-0.1, -0.05) is 0 Å². The fourth-order valence-electron chi connectivity index (χ4n) is 1.69. The Labute approximate surface area is 122 Å². The number of carbonyl (C=O) groups is 3. The predicted octanol–water partition coefficient (Wildman–Crippen LogP) is 0.864. The molecular weight excluding hydrogens is 276 g/mol. The van der Waals surface area contributed by atoms with Crippen LogP contribution in [0.2, 0.25) is 0 Å². The van der Waals surface area contributed by atoms with Gasteiger partial charge in [-0.3, -0.25) is 9.59 Å². The molecule has 1 atom stereocenters. The van der Waals surface area contributed by atoms with Gasteiger partial charge in [0.2, 0.25) is 0 Å². The largest absolute Gasteiger partial charge is 0.481 e. The molecule has 0 unspecified atom stereocenters. The summed E-state index contributed by atoms with van der Waals surface area (Å²) in [6, 6.07) is 5.67. The lowest BCUT2D eigenvalue weighted by Gasteiger charge is -2.15. The number of carboxylic acids is 1. The lowest BCUT2D eigenvalue weighted by atomic mass is 10.1. The van der Waals surface area contributed by atoms with Crippen LogP contribution in [0.3, 0.4) is 0 Å². The molecule has 0 heterocycles. The molecule has 1 aromatic carbocycles. The van der Waals surface area contributed by atoms with Gasteiger partial charge in [-0.2, -0.15) is 0 Å². The number of esters is 1. The van der Waals surface area contributed by atoms with E-state index in [0.717, 1.165) is 5.69 Å². The second-order valence-corrected chi connectivity index (χ2v) is 4.31. The normalized spacial score (nSPS) is 11.3. The number of nitrogens with one attached hydrogen (secondary N) is 2. The topological polar surface area (TPSA) is 105 Å². The van der Waals surface area contributed by atoms with E-state index in [1.54, 1.807) is 31.3 Å². The molecule has 0 saturated carbocycles. The van der Waals surface area contributed by atoms with Gasteiger partial charge < -0.3 is 20.5 Å². The molecule has 21 heavy (non-hydrogen) atoms. The van der Waals surface area contributed by atoms with Gasteiger partial charge in [-0.25, -0.2) is 4.79 Å². The number of benzene rings is 1. The van der Waals surface area contributed by atoms with Crippen LogP contribution in [0.25, 0.3) is 0 Å². The molecule has 0 aliphatic carbocycles. The van der Waals surface area contributed by atoms with Crippen LogP contribution in [0.4, 0.5) is 5.69 Å². The van der Waals surface area contributed by atoms with E-state index in [9.17, 15) is 14.4 Å². The van der Waals surface area contributed by atoms with Crippen LogP contribution in [0.1, 0.15) is 23.2 Å². The summed E-state index contributed by atoms with van der Waals surface area (Å²) in [5, 5.41) is 14.1. The van der Waals surface area contributed by atoms with E-state index in [4.69, 9.17) is 5.11 Å². The van der Waals surface area contributed by atoms with Crippen LogP contribution in [-0.4, -0.2) is 43.2 Å². The van der Waals surface area contributed by atoms with Gasteiger partial charge in [0.05, 0.1) is 7.11 Å². The van der Waals surface area contributed by atoms with Gasteiger partial charge in [0.1, 0.15) is 6.04 Å². The number of rotatable bonds is 7. The molecule has 1 aromatic rings. The third kappa shape index (κ3) is 5.13. The summed E-state index contributed by atoms with van der Waals surface area (Å²) in [7, 11) is 2.94. The van der Waals surface area contributed by atoms with Crippen molar-refractivity contribution >= 4 is 23.5 Å². The number of hydrogen-bond donors (Lipinski definition) is 3. The number of aliphatic carboxylic acids is 1. The molecule has 7 heteroatoms. The first-order valence-electron chi connectivity index (χ1n) is 6.36. The van der Waals surface area contributed by atoms with Gasteiger partial charge in [0.15, 0.2) is 0 Å². The quantitative estimate of drug-likeness (QED) is 0.644. The molecule has 0 radical (unpaired) electrons. The van der Waals surface area contributed by atoms with Crippen LogP contribution >= 0.6 is 0 Å². The summed E-state index contributed by atoms with van der Waals surface area (Å²) in [5.74, 6) is -2.17. The average Bonchev–Trinajstić information content (AvgIpc) is 2.50. The average molecular weight is 294 g/mol. The Morgan fingerprint density at radius 3 is 2.33 bits per heavy atom. The summed E-state index contributed by atoms with van der Waals surface area (Å²) in [4.78, 5) is 34.2. The third-order valence-electron chi connectivity index (χ3n) is 2.87. The molecular formula is C14H18N2O5. The van der Waals surface area contributed by atoms with E-state index in [1.165, 1.54) is 7.11 Å². The van der Waals surface area contributed by atoms with Crippen molar-refractivity contribution in [1.82, 2.24) is 5.32 Å². The van der Waals surface area contributed by atoms with Gasteiger partial charge in [0, 0.05) is 24.7 Å². The van der Waals surface area contributed by atoms with Crippen molar-refractivity contribution in [2.75, 3.05) is 19.5 Å². The summed E-state index contributed by atoms with van der Waals surface area (Å²) in [5.41, 5.74) is 1.22. The van der Waals surface area contributed by atoms with Gasteiger partial charge in [0.25, 0.3) is 5.91 Å². The Kier molecular flexibility index (Phi) is 6.19. The summed E-state index contributed by atoms with van der Waals surface area (Å²) in [6.07, 6.45) is -0.263. The maximum absolute atomic E-state index is 12.0. The second kappa shape index (κ2) is 7.88. The Morgan fingerprint density at radius 2 is 1.86 bits per heavy atom. The van der Waals surface area contributed by atoms with Gasteiger partial charge in [-0.15, -0.1) is 0 Å². The van der Waals surface area contributed by atoms with Crippen LogP contribution < -0.4 is 10.6 Å². The highest BCUT2D eigenvalue weighted by molar-refractivity contribution is 5.97. The molecule has 0 aliphatic heterocycles. The van der Waals surface area contributed by atoms with Crippen molar-refractivity contribution in [3.8, 4) is 0 Å². The van der Waals surface area contributed by atoms with Gasteiger partial charge >= 0.3 is 11.9 Å². The molecule has 0 spiro atoms. The van der Waals surface area contributed by atoms with Crippen molar-refractivity contribution in [3.63, 3.8) is 0 Å². The van der Waals surface area contributed by atoms with Crippen molar-refractivity contribution in [2.24, 2.45) is 0 Å². The number of ether oxygens (including phenoxy) is 1. The lowest BCUT2D eigenvalue weighted by molar-refractivity contribution is -0.143. The summed E-state index contributed by atoms with van der Waals surface area (Å²) >= 11 is 0. The lowest BCUT2D eigenvalue weighted by Crippen LogP contribution is -2.41. The Morgan fingerprint density at radius 1 is 1.24 bits per heavy atom. The van der Waals surface area contributed by atoms with Crippen molar-refractivity contribution in [3.05, 3.63) is 29.8 Å². The van der Waals surface area contributed by atoms with E-state index >= 15 is 0 Å². The maximum atomic E-state index is 12.0. The van der Waals surface area contributed by atoms with Crippen LogP contribution in [0, 0.1) is 0 Å². The van der Waals surface area contributed by atoms with Crippen molar-refractivity contribution in [2.45, 2.75) is 18.9 Å². The Bertz CT molecular complexity index is 513. The standard InChI is InChI=1S/C14H18N2O5/c1-15-10-5-3-9(4-6-10)13(19)16-11(14(20)21-2)7-8-12(17)18/h3-6,11,15H,7-8H2,1-2H3,(H,16,19)(H,17,18)/t11-/m0/s1. The molecule has 0 aromatic heterocycles. The number of carboxylic acid groups (broad SMARTS) is 1. The number of methoxy groups -OCH3 is 1. The van der Waals surface area contributed by atoms with E-state index < -0.39 is 23.9 Å². The summed E-state index contributed by atoms with van der Waals surface area (Å²) in [6.45, 7) is 0. The molecule has 0 saturated heterocycles. The van der Waals surface area contributed by atoms with Crippen LogP contribution in [-0.2, 0) is 14.3 Å². The maximum Gasteiger partial charge on any atom is 0.328 e. The SMILES string of the molecule is CNc1ccc(C(=O)N[C@@H](CCC(=O)O)C(=O)OC)cc1. The van der Waals surface area contributed by atoms with Gasteiger partial charge in [-0.05, 0) is 30.7 Å². The van der Waals surface area contributed by atoms with E-state index in [2.05, 4.69) is 15.4 Å². The number of amides is 1. The fraction of sp³-hybridized carbons (Fsp3) is 0.357. The zero-order valence-electron chi connectivity index (χ0n) is 11.9. The Balaban J connectivity index is 2.73. The van der Waals surface area contributed by atoms with Crippen LogP contribution in [0.5, 0.6) is 0 Å². The molecule has 0 fully saturated rings. The molecule has 0 aliphatic rings. The Hall–Kier alpha value is -2.57. The zero-order valence-corrected chi connectivity index (χ0v) is 11.9. The first-order chi connectivity index (χ1) is 9.97. The second-order valence-electron chi connectivity index (χ2n) is 4.31. The number of hydrogen-bond acceptors (Lipinski definition) is 5. The monoisotopic (exact) mass is 294 g/mol. The smallest absolute Gasteiger partial charge is 0.328 e. The molecule has 1 amide bonds. The summed E-state index contributed by atoms with van der Waals surface area (Å²) < 4.78 is 4.56. The first kappa shape index (κ1) is 16.5. The molecule has 1 rings (SSSR count). The number of carbonyl (C=O) groups excluding carboxylic acids is 2. The minimum absolute atomic E-state index is 0.0255. The first-order valence-corrected chi connectivity index (χ1v) is 6.36. The van der Waals surface area contributed by atoms with Crippen molar-refractivity contribution in [1.29, 1.82) is 0 Å². The molecule has 3 N–H and O–H groups in total. The molecule has 7 nitrogen and oxygen atoms in total. The molecule has 0 bridgehead atoms. The third-order valence-corrected chi connectivity index (χ3v) is 2.87. The zero-order chi connectivity index (χ0) is 15.8. The fourth-order valence-corrected chi connectivity index (χ4v) is 1.69. The van der Waals surface area contributed by atoms with Crippen LogP contribution in [0.15, 0.2) is 24.3 Å². The predicted molar refractivity (Wildman–Crippen MR) is 76.1 cm³/mol. The number of anilines is 1. The highest BCUT2D eigenvalue weighted by atomic mass is 16.5. The van der Waals surface area contributed by atoms with E-state index in [-0.39, 0.29) is 12.8 Å². The van der Waals surface area contributed by atoms with Crippen molar-refractivity contribution < 1.29 is 24.2 Å². The highest BCUT2D eigenvalue weighted by Crippen LogP contribution is 2.09. The highest BCUT2D eigenvalue weighted by Gasteiger charge is 2.22. The minimum Gasteiger partial charge on any atom is -0.481 e.